The number of carbonyl (C=O) groups excluding carboxylic acids is 1. The minimum atomic E-state index is 0.0259. The van der Waals surface area contributed by atoms with Crippen LogP contribution in [-0.4, -0.2) is 47.5 Å². The lowest BCUT2D eigenvalue weighted by atomic mass is 10.0. The zero-order valence-electron chi connectivity index (χ0n) is 19.8. The van der Waals surface area contributed by atoms with Gasteiger partial charge in [0.1, 0.15) is 11.6 Å². The van der Waals surface area contributed by atoms with E-state index in [1.54, 1.807) is 0 Å². The summed E-state index contributed by atoms with van der Waals surface area (Å²) in [6.07, 6.45) is 2.83. The molecule has 0 bridgehead atoms. The van der Waals surface area contributed by atoms with Crippen LogP contribution >= 0.6 is 0 Å². The highest BCUT2D eigenvalue weighted by molar-refractivity contribution is 5.94. The van der Waals surface area contributed by atoms with Gasteiger partial charge in [0.2, 0.25) is 0 Å². The van der Waals surface area contributed by atoms with Crippen molar-refractivity contribution in [1.29, 1.82) is 0 Å². The van der Waals surface area contributed by atoms with Crippen molar-refractivity contribution in [3.05, 3.63) is 71.4 Å². The van der Waals surface area contributed by atoms with E-state index in [0.717, 1.165) is 53.6 Å². The van der Waals surface area contributed by atoms with E-state index in [4.69, 9.17) is 14.7 Å². The summed E-state index contributed by atoms with van der Waals surface area (Å²) in [5, 5.41) is 0. The van der Waals surface area contributed by atoms with Crippen molar-refractivity contribution < 1.29 is 9.53 Å². The Morgan fingerprint density at radius 3 is 2.52 bits per heavy atom. The number of ether oxygens (including phenoxy) is 1. The Morgan fingerprint density at radius 1 is 1.06 bits per heavy atom. The second-order valence-corrected chi connectivity index (χ2v) is 8.38. The van der Waals surface area contributed by atoms with Crippen LogP contribution in [0.3, 0.4) is 0 Å². The Labute approximate surface area is 196 Å². The van der Waals surface area contributed by atoms with Crippen LogP contribution in [0, 0.1) is 0 Å². The summed E-state index contributed by atoms with van der Waals surface area (Å²) in [6.45, 7) is 6.92. The third kappa shape index (κ3) is 5.16. The zero-order chi connectivity index (χ0) is 23.2. The topological polar surface area (TPSA) is 58.6 Å². The first-order chi connectivity index (χ1) is 16.1. The molecule has 33 heavy (non-hydrogen) atoms. The molecule has 6 nitrogen and oxygen atoms in total. The standard InChI is InChI=1S/C27H32N4O2/c1-4-6-18-33-22-14-12-21(13-15-22)27(32)31-17-16-24-23(19-31)26(30(3)5-2)29-25(28-24)20-10-8-7-9-11-20/h7-15H,4-6,16-19H2,1-3H3. The van der Waals surface area contributed by atoms with Crippen molar-refractivity contribution in [1.82, 2.24) is 14.9 Å². The fourth-order valence-electron chi connectivity index (χ4n) is 3.96. The van der Waals surface area contributed by atoms with Crippen LogP contribution in [0.5, 0.6) is 5.75 Å². The van der Waals surface area contributed by atoms with E-state index in [2.05, 4.69) is 18.7 Å². The SMILES string of the molecule is CCCCOc1ccc(C(=O)N2CCc3nc(-c4ccccc4)nc(N(C)CC)c3C2)cc1. The number of anilines is 1. The molecule has 1 aliphatic heterocycles. The number of aromatic nitrogens is 2. The van der Waals surface area contributed by atoms with E-state index in [0.29, 0.717) is 31.7 Å². The second-order valence-electron chi connectivity index (χ2n) is 8.38. The molecule has 6 heteroatoms. The molecule has 0 saturated heterocycles. The summed E-state index contributed by atoms with van der Waals surface area (Å²) < 4.78 is 5.73. The monoisotopic (exact) mass is 444 g/mol. The van der Waals surface area contributed by atoms with Crippen LogP contribution in [0.25, 0.3) is 11.4 Å². The Hall–Kier alpha value is -3.41. The highest BCUT2D eigenvalue weighted by atomic mass is 16.5. The first-order valence-corrected chi connectivity index (χ1v) is 11.8. The maximum absolute atomic E-state index is 13.3. The van der Waals surface area contributed by atoms with E-state index >= 15 is 0 Å². The molecule has 2 aromatic carbocycles. The summed E-state index contributed by atoms with van der Waals surface area (Å²) >= 11 is 0. The fraction of sp³-hybridized carbons (Fsp3) is 0.370. The van der Waals surface area contributed by atoms with Gasteiger partial charge in [-0.25, -0.2) is 9.97 Å². The van der Waals surface area contributed by atoms with Crippen LogP contribution in [-0.2, 0) is 13.0 Å². The van der Waals surface area contributed by atoms with Gasteiger partial charge in [0.05, 0.1) is 18.8 Å². The van der Waals surface area contributed by atoms with Gasteiger partial charge in [-0.2, -0.15) is 0 Å². The van der Waals surface area contributed by atoms with Crippen molar-refractivity contribution in [2.24, 2.45) is 0 Å². The fourth-order valence-corrected chi connectivity index (χ4v) is 3.96. The predicted octanol–water partition coefficient (Wildman–Crippen LogP) is 4.98. The van der Waals surface area contributed by atoms with Crippen LogP contribution in [0.2, 0.25) is 0 Å². The van der Waals surface area contributed by atoms with Crippen LogP contribution in [0.4, 0.5) is 5.82 Å². The highest BCUT2D eigenvalue weighted by Crippen LogP contribution is 2.30. The van der Waals surface area contributed by atoms with Crippen molar-refractivity contribution in [2.75, 3.05) is 31.6 Å². The lowest BCUT2D eigenvalue weighted by Gasteiger charge is -2.31. The number of nitrogens with zero attached hydrogens (tertiary/aromatic N) is 4. The molecule has 0 atom stereocenters. The average molecular weight is 445 g/mol. The van der Waals surface area contributed by atoms with Crippen molar-refractivity contribution in [3.8, 4) is 17.1 Å². The van der Waals surface area contributed by atoms with Crippen molar-refractivity contribution in [2.45, 2.75) is 39.7 Å². The minimum absolute atomic E-state index is 0.0259. The van der Waals surface area contributed by atoms with Crippen LogP contribution in [0.1, 0.15) is 48.3 Å². The molecule has 1 amide bonds. The molecular weight excluding hydrogens is 412 g/mol. The number of fused-ring (bicyclic) bond motifs is 1. The van der Waals surface area contributed by atoms with Gasteiger partial charge < -0.3 is 14.5 Å². The molecule has 1 aliphatic rings. The first kappa shape index (κ1) is 22.8. The molecule has 0 spiro atoms. The Bertz CT molecular complexity index is 1080. The number of unbranched alkanes of at least 4 members (excludes halogenated alkanes) is 1. The summed E-state index contributed by atoms with van der Waals surface area (Å²) in [6, 6.07) is 17.5. The molecule has 172 valence electrons. The molecular formula is C27H32N4O2. The Morgan fingerprint density at radius 2 is 1.82 bits per heavy atom. The summed E-state index contributed by atoms with van der Waals surface area (Å²) in [5.74, 6) is 2.47. The first-order valence-electron chi connectivity index (χ1n) is 11.8. The van der Waals surface area contributed by atoms with E-state index in [1.807, 2.05) is 66.5 Å². The van der Waals surface area contributed by atoms with Gasteiger partial charge in [-0.3, -0.25) is 4.79 Å². The third-order valence-corrected chi connectivity index (χ3v) is 6.06. The molecule has 0 N–H and O–H groups in total. The largest absolute Gasteiger partial charge is 0.494 e. The van der Waals surface area contributed by atoms with Crippen LogP contribution < -0.4 is 9.64 Å². The van der Waals surface area contributed by atoms with Gasteiger partial charge in [-0.1, -0.05) is 43.7 Å². The number of hydrogen-bond donors (Lipinski definition) is 0. The molecule has 0 saturated carbocycles. The Balaban J connectivity index is 1.56. The van der Waals surface area contributed by atoms with Crippen molar-refractivity contribution >= 4 is 11.7 Å². The quantitative estimate of drug-likeness (QED) is 0.459. The molecule has 2 heterocycles. The molecule has 0 unspecified atom stereocenters. The van der Waals surface area contributed by atoms with Gasteiger partial charge in [0, 0.05) is 43.2 Å². The normalized spacial score (nSPS) is 12.9. The van der Waals surface area contributed by atoms with Crippen LogP contribution in [0.15, 0.2) is 54.6 Å². The van der Waals surface area contributed by atoms with E-state index < -0.39 is 0 Å². The minimum Gasteiger partial charge on any atom is -0.494 e. The molecule has 0 aliphatic carbocycles. The number of hydrogen-bond acceptors (Lipinski definition) is 5. The zero-order valence-corrected chi connectivity index (χ0v) is 19.8. The number of amides is 1. The number of rotatable bonds is 8. The summed E-state index contributed by atoms with van der Waals surface area (Å²) in [5.41, 5.74) is 3.75. The average Bonchev–Trinajstić information content (AvgIpc) is 2.88. The van der Waals surface area contributed by atoms with Gasteiger partial charge in [-0.05, 0) is 37.6 Å². The second kappa shape index (κ2) is 10.5. The molecule has 0 radical (unpaired) electrons. The maximum atomic E-state index is 13.3. The number of carbonyl (C=O) groups is 1. The highest BCUT2D eigenvalue weighted by Gasteiger charge is 2.27. The van der Waals surface area contributed by atoms with Crippen molar-refractivity contribution in [3.63, 3.8) is 0 Å². The smallest absolute Gasteiger partial charge is 0.254 e. The maximum Gasteiger partial charge on any atom is 0.254 e. The van der Waals surface area contributed by atoms with Gasteiger partial charge in [0.15, 0.2) is 5.82 Å². The van der Waals surface area contributed by atoms with E-state index in [-0.39, 0.29) is 5.91 Å². The molecule has 0 fully saturated rings. The lowest BCUT2D eigenvalue weighted by molar-refractivity contribution is 0.0733. The Kier molecular flexibility index (Phi) is 7.23. The molecule has 3 aromatic rings. The predicted molar refractivity (Wildman–Crippen MR) is 132 cm³/mol. The number of benzene rings is 2. The van der Waals surface area contributed by atoms with E-state index in [1.165, 1.54) is 0 Å². The lowest BCUT2D eigenvalue weighted by Crippen LogP contribution is -2.37. The van der Waals surface area contributed by atoms with E-state index in [9.17, 15) is 4.79 Å². The molecule has 1 aromatic heterocycles. The van der Waals surface area contributed by atoms with Gasteiger partial charge in [0.25, 0.3) is 5.91 Å². The molecule has 4 rings (SSSR count). The summed E-state index contributed by atoms with van der Waals surface area (Å²) in [7, 11) is 2.04. The van der Waals surface area contributed by atoms with Gasteiger partial charge >= 0.3 is 0 Å². The summed E-state index contributed by atoms with van der Waals surface area (Å²) in [4.78, 5) is 27.1. The third-order valence-electron chi connectivity index (χ3n) is 6.06. The van der Waals surface area contributed by atoms with Gasteiger partial charge in [-0.15, -0.1) is 0 Å².